The first-order chi connectivity index (χ1) is 21.3. The van der Waals surface area contributed by atoms with Gasteiger partial charge in [-0.2, -0.15) is 9.13 Å². The summed E-state index contributed by atoms with van der Waals surface area (Å²) in [6, 6.07) is 23.9. The number of methoxy groups -OCH3 is 1. The minimum atomic E-state index is -0.592. The van der Waals surface area contributed by atoms with E-state index >= 15 is 4.39 Å². The highest BCUT2D eigenvalue weighted by atomic mass is 19.1. The lowest BCUT2D eigenvalue weighted by atomic mass is 9.57. The molecule has 3 nitrogen and oxygen atoms in total. The van der Waals surface area contributed by atoms with E-state index in [9.17, 15) is 0 Å². The van der Waals surface area contributed by atoms with Gasteiger partial charge in [-0.1, -0.05) is 53.2 Å². The van der Waals surface area contributed by atoms with E-state index in [0.29, 0.717) is 0 Å². The van der Waals surface area contributed by atoms with E-state index in [1.54, 1.807) is 13.2 Å². The second kappa shape index (κ2) is 9.23. The van der Waals surface area contributed by atoms with Crippen LogP contribution in [0.1, 0.15) is 88.1 Å². The van der Waals surface area contributed by atoms with Gasteiger partial charge in [0.2, 0.25) is 16.9 Å². The Labute approximate surface area is 260 Å². The Morgan fingerprint density at radius 1 is 0.818 bits per heavy atom. The number of fused-ring (bicyclic) bond motifs is 6. The van der Waals surface area contributed by atoms with Crippen LogP contribution >= 0.6 is 0 Å². The lowest BCUT2D eigenvalue weighted by Crippen LogP contribution is -2.78. The standard InChI is InChI=1S/C40H41FN2O/c1-7-10-13-25-15-17-30-34-27(25)21-23-43-37(34)35-31(19-20-32(41)36(35)38(30,4)5)40(39(43,8-2)9-3)29-18-16-26(44-6)24-28(29)33-14-11-12-22-42(33)40/h11-12,14-24H,7-10,13H2,1-6H3/q+2. The summed E-state index contributed by atoms with van der Waals surface area (Å²) in [6.45, 7) is 11.4. The van der Waals surface area contributed by atoms with Gasteiger partial charge in [-0.15, -0.1) is 0 Å². The summed E-state index contributed by atoms with van der Waals surface area (Å²) >= 11 is 0. The van der Waals surface area contributed by atoms with Crippen molar-refractivity contribution in [3.05, 3.63) is 113 Å². The maximum Gasteiger partial charge on any atom is 0.284 e. The maximum atomic E-state index is 16.5. The van der Waals surface area contributed by atoms with Gasteiger partial charge in [-0.05, 0) is 65.8 Å². The highest BCUT2D eigenvalue weighted by molar-refractivity contribution is 6.03. The van der Waals surface area contributed by atoms with E-state index in [1.165, 1.54) is 44.3 Å². The van der Waals surface area contributed by atoms with Gasteiger partial charge in [0.25, 0.3) is 5.54 Å². The summed E-state index contributed by atoms with van der Waals surface area (Å²) in [5, 5.41) is 2.62. The predicted molar refractivity (Wildman–Crippen MR) is 174 cm³/mol. The van der Waals surface area contributed by atoms with Crippen LogP contribution in [-0.2, 0) is 22.9 Å². The third kappa shape index (κ3) is 2.98. The van der Waals surface area contributed by atoms with Crippen LogP contribution in [0.15, 0.2) is 79.1 Å². The van der Waals surface area contributed by atoms with E-state index < -0.39 is 11.0 Å². The van der Waals surface area contributed by atoms with Crippen molar-refractivity contribution in [1.29, 1.82) is 0 Å². The highest BCUT2D eigenvalue weighted by Crippen LogP contribution is 2.61. The fraction of sp³-hybridized carbons (Fsp3) is 0.350. The van der Waals surface area contributed by atoms with Gasteiger partial charge in [0.15, 0.2) is 12.4 Å². The van der Waals surface area contributed by atoms with E-state index in [0.717, 1.165) is 54.7 Å². The Bertz CT molecular complexity index is 2020. The molecule has 2 aromatic heterocycles. The zero-order valence-corrected chi connectivity index (χ0v) is 26.7. The van der Waals surface area contributed by atoms with Gasteiger partial charge in [-0.3, -0.25) is 0 Å². The van der Waals surface area contributed by atoms with Crippen molar-refractivity contribution in [1.82, 2.24) is 0 Å². The molecule has 0 saturated carbocycles. The number of nitrogens with zero attached hydrogens (tertiary/aromatic N) is 2. The first-order valence-corrected chi connectivity index (χ1v) is 16.4. The number of aryl methyl sites for hydroxylation is 1. The fourth-order valence-corrected chi connectivity index (χ4v) is 9.57. The average molecular weight is 585 g/mol. The Balaban J connectivity index is 1.62. The molecule has 0 radical (unpaired) electrons. The maximum absolute atomic E-state index is 16.5. The van der Waals surface area contributed by atoms with E-state index in [2.05, 4.69) is 117 Å². The minimum Gasteiger partial charge on any atom is -0.497 e. The molecule has 8 rings (SSSR count). The quantitative estimate of drug-likeness (QED) is 0.183. The van der Waals surface area contributed by atoms with Gasteiger partial charge in [0.05, 0.1) is 23.6 Å². The number of pyridine rings is 2. The molecule has 0 amide bonds. The van der Waals surface area contributed by atoms with Crippen LogP contribution in [-0.4, -0.2) is 7.11 Å². The van der Waals surface area contributed by atoms with Crippen molar-refractivity contribution in [2.45, 2.75) is 83.2 Å². The molecule has 0 bridgehead atoms. The van der Waals surface area contributed by atoms with Crippen molar-refractivity contribution in [2.75, 3.05) is 7.11 Å². The first kappa shape index (κ1) is 27.5. The third-order valence-corrected chi connectivity index (χ3v) is 11.5. The van der Waals surface area contributed by atoms with Crippen LogP contribution in [0, 0.1) is 5.82 Å². The van der Waals surface area contributed by atoms with Crippen molar-refractivity contribution in [2.24, 2.45) is 0 Å². The smallest absolute Gasteiger partial charge is 0.284 e. The summed E-state index contributed by atoms with van der Waals surface area (Å²) < 4.78 is 27.3. The largest absolute Gasteiger partial charge is 0.497 e. The SMILES string of the molecule is CCCCc1ccc2c3c4[n+](ccc13)C(CC)(CC)C1(c3ccc(OC)cc3-c3cccc[n+]31)c1ccc(F)c(c1-4)C2(C)C. The molecule has 0 N–H and O–H groups in total. The molecule has 1 atom stereocenters. The monoisotopic (exact) mass is 584 g/mol. The topological polar surface area (TPSA) is 17.0 Å². The molecule has 44 heavy (non-hydrogen) atoms. The van der Waals surface area contributed by atoms with Crippen LogP contribution < -0.4 is 13.9 Å². The normalized spacial score (nSPS) is 19.2. The highest BCUT2D eigenvalue weighted by Gasteiger charge is 2.74. The van der Waals surface area contributed by atoms with Crippen LogP contribution in [0.2, 0.25) is 0 Å². The van der Waals surface area contributed by atoms with Crippen LogP contribution in [0.3, 0.4) is 0 Å². The van der Waals surface area contributed by atoms with Gasteiger partial charge < -0.3 is 4.74 Å². The summed E-state index contributed by atoms with van der Waals surface area (Å²) in [4.78, 5) is 0. The molecular formula is C40H41FN2O+2. The Hall–Kier alpha value is -4.05. The van der Waals surface area contributed by atoms with Gasteiger partial charge in [0.1, 0.15) is 11.6 Å². The van der Waals surface area contributed by atoms with Gasteiger partial charge in [-0.25, -0.2) is 4.39 Å². The average Bonchev–Trinajstić information content (AvgIpc) is 3.33. The number of unbranched alkanes of at least 4 members (excludes halogenated alkanes) is 1. The molecule has 222 valence electrons. The van der Waals surface area contributed by atoms with Crippen molar-refractivity contribution < 1.29 is 18.3 Å². The van der Waals surface area contributed by atoms with Crippen LogP contribution in [0.5, 0.6) is 5.75 Å². The van der Waals surface area contributed by atoms with Gasteiger partial charge >= 0.3 is 0 Å². The second-order valence-electron chi connectivity index (χ2n) is 13.5. The number of benzene rings is 3. The lowest BCUT2D eigenvalue weighted by molar-refractivity contribution is -0.856. The van der Waals surface area contributed by atoms with Crippen LogP contribution in [0.25, 0.3) is 33.3 Å². The Kier molecular flexibility index (Phi) is 5.77. The number of ether oxygens (including phenoxy) is 1. The lowest BCUT2D eigenvalue weighted by Gasteiger charge is -2.47. The summed E-state index contributed by atoms with van der Waals surface area (Å²) in [7, 11) is 1.73. The molecule has 3 aliphatic rings. The summed E-state index contributed by atoms with van der Waals surface area (Å²) in [5.74, 6) is 0.719. The minimum absolute atomic E-state index is 0.125. The summed E-state index contributed by atoms with van der Waals surface area (Å²) in [6.07, 6.45) is 9.75. The third-order valence-electron chi connectivity index (χ3n) is 11.5. The van der Waals surface area contributed by atoms with Crippen molar-refractivity contribution in [3.63, 3.8) is 0 Å². The molecular weight excluding hydrogens is 543 g/mol. The molecule has 0 saturated heterocycles. The fourth-order valence-electron chi connectivity index (χ4n) is 9.57. The summed E-state index contributed by atoms with van der Waals surface area (Å²) in [5.41, 5.74) is 9.01. The Morgan fingerprint density at radius 3 is 2.34 bits per heavy atom. The zero-order chi connectivity index (χ0) is 30.6. The Morgan fingerprint density at radius 2 is 1.59 bits per heavy atom. The number of hydrogen-bond acceptors (Lipinski definition) is 1. The molecule has 1 aliphatic carbocycles. The molecule has 4 heteroatoms. The van der Waals surface area contributed by atoms with E-state index in [-0.39, 0.29) is 11.4 Å². The molecule has 4 heterocycles. The number of aromatic nitrogens is 2. The molecule has 5 aromatic rings. The molecule has 1 unspecified atom stereocenters. The number of halogens is 1. The van der Waals surface area contributed by atoms with E-state index in [4.69, 9.17) is 4.74 Å². The van der Waals surface area contributed by atoms with E-state index in [1.807, 2.05) is 0 Å². The second-order valence-corrected chi connectivity index (χ2v) is 13.5. The van der Waals surface area contributed by atoms with Crippen LogP contribution in [0.4, 0.5) is 4.39 Å². The predicted octanol–water partition coefficient (Wildman–Crippen LogP) is 8.51. The molecule has 3 aromatic carbocycles. The molecule has 2 aliphatic heterocycles. The van der Waals surface area contributed by atoms with Crippen molar-refractivity contribution >= 4 is 10.8 Å². The van der Waals surface area contributed by atoms with Crippen molar-refractivity contribution in [3.8, 4) is 28.3 Å². The zero-order valence-electron chi connectivity index (χ0n) is 26.7. The molecule has 0 fully saturated rings. The first-order valence-electron chi connectivity index (χ1n) is 16.4. The molecule has 1 spiro atoms. The number of rotatable bonds is 6. The van der Waals surface area contributed by atoms with Gasteiger partial charge in [0, 0.05) is 53.1 Å². The number of hydrogen-bond donors (Lipinski definition) is 0.